The maximum absolute atomic E-state index is 13.4. The molecule has 116 valence electrons. The van der Waals surface area contributed by atoms with Gasteiger partial charge < -0.3 is 9.88 Å². The minimum atomic E-state index is -0.393. The molecule has 1 aromatic heterocycles. The van der Waals surface area contributed by atoms with Crippen molar-refractivity contribution in [2.75, 3.05) is 6.54 Å². The van der Waals surface area contributed by atoms with Crippen LogP contribution in [0.4, 0.5) is 4.39 Å². The van der Waals surface area contributed by atoms with E-state index in [9.17, 15) is 9.18 Å². The van der Waals surface area contributed by atoms with Crippen LogP contribution in [0, 0.1) is 5.82 Å². The number of nitrogens with zero attached hydrogens (tertiary/aromatic N) is 2. The van der Waals surface area contributed by atoms with Gasteiger partial charge in [-0.25, -0.2) is 9.37 Å². The van der Waals surface area contributed by atoms with Gasteiger partial charge in [0.2, 0.25) is 0 Å². The summed E-state index contributed by atoms with van der Waals surface area (Å²) in [6.45, 7) is 0.664. The number of H-pyrrole nitrogens is 1. The molecule has 0 radical (unpaired) electrons. The summed E-state index contributed by atoms with van der Waals surface area (Å²) in [4.78, 5) is 22.4. The van der Waals surface area contributed by atoms with Crippen molar-refractivity contribution in [1.29, 1.82) is 0 Å². The fraction of sp³-hybridized carbons (Fsp3) is 0.222. The van der Waals surface area contributed by atoms with Gasteiger partial charge in [-0.2, -0.15) is 0 Å². The summed E-state index contributed by atoms with van der Waals surface area (Å²) in [5.41, 5.74) is 2.24. The number of halogens is 1. The Bertz CT molecular complexity index is 840. The molecule has 1 N–H and O–H groups in total. The molecule has 0 unspecified atom stereocenters. The van der Waals surface area contributed by atoms with E-state index in [0.29, 0.717) is 12.1 Å². The number of carbonyl (C=O) groups is 1. The van der Waals surface area contributed by atoms with Gasteiger partial charge in [0.05, 0.1) is 17.1 Å². The number of aromatic amines is 1. The van der Waals surface area contributed by atoms with Crippen molar-refractivity contribution in [3.05, 3.63) is 65.7 Å². The molecule has 4 rings (SSSR count). The number of amides is 1. The highest BCUT2D eigenvalue weighted by molar-refractivity contribution is 5.94. The average molecular weight is 309 g/mol. The van der Waals surface area contributed by atoms with Crippen molar-refractivity contribution in [2.24, 2.45) is 0 Å². The van der Waals surface area contributed by atoms with Gasteiger partial charge in [0, 0.05) is 12.1 Å². The van der Waals surface area contributed by atoms with Crippen LogP contribution in [0.2, 0.25) is 0 Å². The molecule has 0 aliphatic carbocycles. The summed E-state index contributed by atoms with van der Waals surface area (Å²) in [6.07, 6.45) is 1.78. The largest absolute Gasteiger partial charge is 0.340 e. The summed E-state index contributed by atoms with van der Waals surface area (Å²) in [6, 6.07) is 13.6. The summed E-state index contributed by atoms with van der Waals surface area (Å²) >= 11 is 0. The first kappa shape index (κ1) is 13.9. The van der Waals surface area contributed by atoms with Crippen LogP contribution in [-0.2, 0) is 0 Å². The smallest absolute Gasteiger partial charge is 0.254 e. The predicted octanol–water partition coefficient (Wildman–Crippen LogP) is 3.68. The van der Waals surface area contributed by atoms with Crippen molar-refractivity contribution >= 4 is 16.9 Å². The van der Waals surface area contributed by atoms with Crippen LogP contribution in [0.15, 0.2) is 48.5 Å². The molecule has 2 aromatic carbocycles. The maximum atomic E-state index is 13.4. The van der Waals surface area contributed by atoms with Gasteiger partial charge >= 0.3 is 0 Å². The first-order chi connectivity index (χ1) is 11.2. The monoisotopic (exact) mass is 309 g/mol. The van der Waals surface area contributed by atoms with E-state index >= 15 is 0 Å². The fourth-order valence-electron chi connectivity index (χ4n) is 3.21. The number of imidazole rings is 1. The van der Waals surface area contributed by atoms with Crippen LogP contribution in [0.5, 0.6) is 0 Å². The second-order valence-corrected chi connectivity index (χ2v) is 5.81. The lowest BCUT2D eigenvalue weighted by Gasteiger charge is -2.23. The predicted molar refractivity (Wildman–Crippen MR) is 85.5 cm³/mol. The summed E-state index contributed by atoms with van der Waals surface area (Å²) in [5.74, 6) is 0.260. The molecule has 5 heteroatoms. The van der Waals surface area contributed by atoms with E-state index in [1.54, 1.807) is 17.0 Å². The maximum Gasteiger partial charge on any atom is 0.254 e. The number of likely N-dealkylation sites (tertiary alicyclic amines) is 1. The molecule has 1 amide bonds. The standard InChI is InChI=1S/C18H16FN3O/c19-13-6-3-5-12(11-13)18(23)22-10-4-9-16(22)17-20-14-7-1-2-8-15(14)21-17/h1-3,5-8,11,16H,4,9-10H2,(H,20,21)/t16-/m0/s1. The minimum absolute atomic E-state index is 0.0850. The number of para-hydroxylation sites is 2. The van der Waals surface area contributed by atoms with Crippen LogP contribution in [0.25, 0.3) is 11.0 Å². The third-order valence-electron chi connectivity index (χ3n) is 4.31. The molecule has 3 aromatic rings. The molecular weight excluding hydrogens is 293 g/mol. The van der Waals surface area contributed by atoms with E-state index in [0.717, 1.165) is 29.7 Å². The third-order valence-corrected chi connectivity index (χ3v) is 4.31. The second-order valence-electron chi connectivity index (χ2n) is 5.81. The van der Waals surface area contributed by atoms with Crippen LogP contribution in [-0.4, -0.2) is 27.3 Å². The third kappa shape index (κ3) is 2.48. The highest BCUT2D eigenvalue weighted by Gasteiger charge is 2.32. The van der Waals surface area contributed by atoms with Crippen molar-refractivity contribution < 1.29 is 9.18 Å². The fourth-order valence-corrected chi connectivity index (χ4v) is 3.21. The quantitative estimate of drug-likeness (QED) is 0.785. The Balaban J connectivity index is 1.67. The minimum Gasteiger partial charge on any atom is -0.340 e. The topological polar surface area (TPSA) is 49.0 Å². The molecule has 23 heavy (non-hydrogen) atoms. The number of hydrogen-bond acceptors (Lipinski definition) is 2. The van der Waals surface area contributed by atoms with Crippen LogP contribution < -0.4 is 0 Å². The lowest BCUT2D eigenvalue weighted by molar-refractivity contribution is 0.0730. The van der Waals surface area contributed by atoms with Crippen molar-refractivity contribution in [3.63, 3.8) is 0 Å². The number of hydrogen-bond donors (Lipinski definition) is 1. The molecule has 0 spiro atoms. The summed E-state index contributed by atoms with van der Waals surface area (Å²) in [7, 11) is 0. The highest BCUT2D eigenvalue weighted by Crippen LogP contribution is 2.32. The van der Waals surface area contributed by atoms with E-state index < -0.39 is 5.82 Å². The van der Waals surface area contributed by atoms with Crippen LogP contribution in [0.3, 0.4) is 0 Å². The first-order valence-electron chi connectivity index (χ1n) is 7.73. The molecule has 2 heterocycles. The SMILES string of the molecule is O=C(c1cccc(F)c1)N1CCC[C@H]1c1nc2ccccc2[nH]1. The second kappa shape index (κ2) is 5.50. The molecule has 4 nitrogen and oxygen atoms in total. The molecule has 0 saturated carbocycles. The molecular formula is C18H16FN3O. The van der Waals surface area contributed by atoms with Crippen molar-refractivity contribution in [3.8, 4) is 0 Å². The number of aromatic nitrogens is 2. The molecule has 1 aliphatic heterocycles. The summed E-state index contributed by atoms with van der Waals surface area (Å²) < 4.78 is 13.4. The number of benzene rings is 2. The molecule has 1 atom stereocenters. The molecule has 1 aliphatic rings. The number of rotatable bonds is 2. The normalized spacial score (nSPS) is 17.8. The summed E-state index contributed by atoms with van der Waals surface area (Å²) in [5, 5.41) is 0. The Labute approximate surface area is 133 Å². The van der Waals surface area contributed by atoms with Crippen molar-refractivity contribution in [2.45, 2.75) is 18.9 Å². The van der Waals surface area contributed by atoms with E-state index in [4.69, 9.17) is 0 Å². The van der Waals surface area contributed by atoms with Gasteiger partial charge in [-0.1, -0.05) is 18.2 Å². The van der Waals surface area contributed by atoms with Gasteiger partial charge in [0.15, 0.2) is 0 Å². The lowest BCUT2D eigenvalue weighted by atomic mass is 10.1. The highest BCUT2D eigenvalue weighted by atomic mass is 19.1. The number of nitrogens with one attached hydrogen (secondary N) is 1. The van der Waals surface area contributed by atoms with Gasteiger partial charge in [0.1, 0.15) is 11.6 Å². The van der Waals surface area contributed by atoms with E-state index in [-0.39, 0.29) is 11.9 Å². The van der Waals surface area contributed by atoms with E-state index in [2.05, 4.69) is 9.97 Å². The zero-order chi connectivity index (χ0) is 15.8. The Kier molecular flexibility index (Phi) is 3.33. The number of fused-ring (bicyclic) bond motifs is 1. The Morgan fingerprint density at radius 2 is 2.09 bits per heavy atom. The Morgan fingerprint density at radius 3 is 2.91 bits per heavy atom. The van der Waals surface area contributed by atoms with E-state index in [1.165, 1.54) is 12.1 Å². The molecule has 1 saturated heterocycles. The Hall–Kier alpha value is -2.69. The lowest BCUT2D eigenvalue weighted by Crippen LogP contribution is -2.31. The Morgan fingerprint density at radius 1 is 1.22 bits per heavy atom. The van der Waals surface area contributed by atoms with Gasteiger partial charge in [0.25, 0.3) is 5.91 Å². The van der Waals surface area contributed by atoms with Gasteiger partial charge in [-0.15, -0.1) is 0 Å². The molecule has 1 fully saturated rings. The van der Waals surface area contributed by atoms with E-state index in [1.807, 2.05) is 24.3 Å². The number of carbonyl (C=O) groups excluding carboxylic acids is 1. The van der Waals surface area contributed by atoms with Crippen LogP contribution in [0.1, 0.15) is 35.1 Å². The average Bonchev–Trinajstić information content (AvgIpc) is 3.20. The van der Waals surface area contributed by atoms with Crippen LogP contribution >= 0.6 is 0 Å². The van der Waals surface area contributed by atoms with Gasteiger partial charge in [-0.3, -0.25) is 4.79 Å². The zero-order valence-corrected chi connectivity index (χ0v) is 12.5. The molecule has 0 bridgehead atoms. The van der Waals surface area contributed by atoms with Crippen molar-refractivity contribution in [1.82, 2.24) is 14.9 Å². The van der Waals surface area contributed by atoms with Gasteiger partial charge in [-0.05, 0) is 43.2 Å². The zero-order valence-electron chi connectivity index (χ0n) is 12.5. The first-order valence-corrected chi connectivity index (χ1v) is 7.73.